The molecule has 3 rings (SSSR count). The average Bonchev–Trinajstić information content (AvgIpc) is 2.74. The first-order chi connectivity index (χ1) is 13.2. The smallest absolute Gasteiger partial charge is 0.308 e. The zero-order chi connectivity index (χ0) is 18.9. The van der Waals surface area contributed by atoms with Crippen molar-refractivity contribution in [3.63, 3.8) is 0 Å². The van der Waals surface area contributed by atoms with E-state index in [0.29, 0.717) is 5.56 Å². The molecule has 0 spiro atoms. The highest BCUT2D eigenvalue weighted by atomic mass is 16.6. The number of carbonyl (C=O) groups is 2. The number of rotatable bonds is 7. The average molecular weight is 367 g/mol. The van der Waals surface area contributed by atoms with Crippen LogP contribution in [0.25, 0.3) is 0 Å². The van der Waals surface area contributed by atoms with E-state index in [0.717, 1.165) is 31.4 Å². The van der Waals surface area contributed by atoms with Crippen molar-refractivity contribution in [1.82, 2.24) is 5.32 Å². The Bertz CT molecular complexity index is 726. The van der Waals surface area contributed by atoms with E-state index in [-0.39, 0.29) is 31.0 Å². The SMILES string of the molecule is O=C(CC(NC(=O)c1ccccc1)c1ccccc1)OCC1CCCCO1. The highest BCUT2D eigenvalue weighted by Gasteiger charge is 2.22. The lowest BCUT2D eigenvalue weighted by molar-refractivity contribution is -0.149. The van der Waals surface area contributed by atoms with Crippen molar-refractivity contribution in [1.29, 1.82) is 0 Å². The fourth-order valence-corrected chi connectivity index (χ4v) is 3.12. The molecule has 2 atom stereocenters. The van der Waals surface area contributed by atoms with Gasteiger partial charge in [-0.05, 0) is 37.0 Å². The largest absolute Gasteiger partial charge is 0.463 e. The fraction of sp³-hybridized carbons (Fsp3) is 0.364. The first-order valence-electron chi connectivity index (χ1n) is 9.40. The molecule has 1 saturated heterocycles. The molecule has 0 bridgehead atoms. The van der Waals surface area contributed by atoms with Crippen molar-refractivity contribution in [2.75, 3.05) is 13.2 Å². The van der Waals surface area contributed by atoms with Crippen LogP contribution in [0.5, 0.6) is 0 Å². The van der Waals surface area contributed by atoms with Gasteiger partial charge < -0.3 is 14.8 Å². The fourth-order valence-electron chi connectivity index (χ4n) is 3.12. The van der Waals surface area contributed by atoms with Crippen LogP contribution in [-0.4, -0.2) is 31.2 Å². The van der Waals surface area contributed by atoms with Gasteiger partial charge in [-0.15, -0.1) is 0 Å². The van der Waals surface area contributed by atoms with Gasteiger partial charge in [-0.1, -0.05) is 48.5 Å². The summed E-state index contributed by atoms with van der Waals surface area (Å²) in [6.07, 6.45) is 3.14. The van der Waals surface area contributed by atoms with Crippen LogP contribution in [-0.2, 0) is 14.3 Å². The van der Waals surface area contributed by atoms with E-state index in [1.807, 2.05) is 48.5 Å². The molecule has 0 aliphatic carbocycles. The number of benzene rings is 2. The van der Waals surface area contributed by atoms with Crippen molar-refractivity contribution in [3.8, 4) is 0 Å². The Morgan fingerprint density at radius 2 is 1.74 bits per heavy atom. The Morgan fingerprint density at radius 1 is 1.04 bits per heavy atom. The molecule has 142 valence electrons. The Balaban J connectivity index is 1.61. The van der Waals surface area contributed by atoms with Crippen LogP contribution in [0.2, 0.25) is 0 Å². The number of nitrogens with one attached hydrogen (secondary N) is 1. The predicted octanol–water partition coefficient (Wildman–Crippen LogP) is 3.66. The minimum absolute atomic E-state index is 0.0169. The number of esters is 1. The summed E-state index contributed by atoms with van der Waals surface area (Å²) in [5.41, 5.74) is 1.43. The summed E-state index contributed by atoms with van der Waals surface area (Å²) in [6, 6.07) is 18.0. The zero-order valence-electron chi connectivity index (χ0n) is 15.3. The molecule has 1 aliphatic heterocycles. The van der Waals surface area contributed by atoms with Crippen LogP contribution in [0.1, 0.15) is 47.6 Å². The molecule has 1 heterocycles. The Kier molecular flexibility index (Phi) is 6.99. The van der Waals surface area contributed by atoms with Crippen LogP contribution in [0, 0.1) is 0 Å². The minimum Gasteiger partial charge on any atom is -0.463 e. The van der Waals surface area contributed by atoms with Gasteiger partial charge >= 0.3 is 5.97 Å². The van der Waals surface area contributed by atoms with Gasteiger partial charge in [-0.25, -0.2) is 0 Å². The van der Waals surface area contributed by atoms with Crippen molar-refractivity contribution < 1.29 is 19.1 Å². The zero-order valence-corrected chi connectivity index (χ0v) is 15.3. The molecule has 27 heavy (non-hydrogen) atoms. The van der Waals surface area contributed by atoms with Crippen molar-refractivity contribution in [2.24, 2.45) is 0 Å². The molecule has 0 saturated carbocycles. The van der Waals surface area contributed by atoms with Crippen molar-refractivity contribution in [2.45, 2.75) is 37.8 Å². The highest BCUT2D eigenvalue weighted by molar-refractivity contribution is 5.94. The Labute approximate surface area is 159 Å². The molecule has 1 fully saturated rings. The second kappa shape index (κ2) is 9.88. The number of hydrogen-bond acceptors (Lipinski definition) is 4. The van der Waals surface area contributed by atoms with E-state index in [4.69, 9.17) is 9.47 Å². The first-order valence-corrected chi connectivity index (χ1v) is 9.40. The number of carbonyl (C=O) groups excluding carboxylic acids is 2. The summed E-state index contributed by atoms with van der Waals surface area (Å²) in [5, 5.41) is 2.95. The molecule has 5 heteroatoms. The van der Waals surface area contributed by atoms with E-state index in [2.05, 4.69) is 5.32 Å². The van der Waals surface area contributed by atoms with Crippen molar-refractivity contribution in [3.05, 3.63) is 71.8 Å². The number of amides is 1. The third kappa shape index (κ3) is 5.93. The first kappa shape index (κ1) is 19.1. The van der Waals surface area contributed by atoms with E-state index in [1.54, 1.807) is 12.1 Å². The van der Waals surface area contributed by atoms with Gasteiger partial charge in [0.15, 0.2) is 0 Å². The maximum Gasteiger partial charge on any atom is 0.308 e. The van der Waals surface area contributed by atoms with Crippen LogP contribution in [0.15, 0.2) is 60.7 Å². The van der Waals surface area contributed by atoms with E-state index in [9.17, 15) is 9.59 Å². The van der Waals surface area contributed by atoms with Gasteiger partial charge in [-0.2, -0.15) is 0 Å². The second-order valence-corrected chi connectivity index (χ2v) is 6.68. The van der Waals surface area contributed by atoms with Gasteiger partial charge in [0.25, 0.3) is 5.91 Å². The molecule has 1 amide bonds. The number of hydrogen-bond donors (Lipinski definition) is 1. The third-order valence-electron chi connectivity index (χ3n) is 4.62. The second-order valence-electron chi connectivity index (χ2n) is 6.68. The molecule has 5 nitrogen and oxygen atoms in total. The van der Waals surface area contributed by atoms with E-state index < -0.39 is 6.04 Å². The topological polar surface area (TPSA) is 64.6 Å². The van der Waals surface area contributed by atoms with Gasteiger partial charge in [0.05, 0.1) is 18.6 Å². The summed E-state index contributed by atoms with van der Waals surface area (Å²) in [6.45, 7) is 0.995. The summed E-state index contributed by atoms with van der Waals surface area (Å²) in [4.78, 5) is 24.9. The molecule has 2 aromatic carbocycles. The van der Waals surface area contributed by atoms with E-state index in [1.165, 1.54) is 0 Å². The Hall–Kier alpha value is -2.66. The molecule has 1 N–H and O–H groups in total. The summed E-state index contributed by atoms with van der Waals surface area (Å²) in [7, 11) is 0. The third-order valence-corrected chi connectivity index (χ3v) is 4.62. The van der Waals surface area contributed by atoms with Crippen LogP contribution >= 0.6 is 0 Å². The van der Waals surface area contributed by atoms with Crippen LogP contribution in [0.4, 0.5) is 0 Å². The maximum absolute atomic E-state index is 12.5. The number of ether oxygens (including phenoxy) is 2. The monoisotopic (exact) mass is 367 g/mol. The highest BCUT2D eigenvalue weighted by Crippen LogP contribution is 2.19. The summed E-state index contributed by atoms with van der Waals surface area (Å²) in [5.74, 6) is -0.556. The molecular formula is C22H25NO4. The lowest BCUT2D eigenvalue weighted by atomic mass is 10.0. The lowest BCUT2D eigenvalue weighted by Crippen LogP contribution is -2.32. The maximum atomic E-state index is 12.5. The lowest BCUT2D eigenvalue weighted by Gasteiger charge is -2.23. The summed E-state index contributed by atoms with van der Waals surface area (Å²) >= 11 is 0. The molecular weight excluding hydrogens is 342 g/mol. The molecule has 2 aromatic rings. The van der Waals surface area contributed by atoms with Crippen LogP contribution < -0.4 is 5.32 Å². The normalized spacial score (nSPS) is 17.7. The van der Waals surface area contributed by atoms with Gasteiger partial charge in [0.1, 0.15) is 6.61 Å². The quantitative estimate of drug-likeness (QED) is 0.759. The standard InChI is InChI=1S/C22H25NO4/c24-21(27-16-19-13-7-8-14-26-19)15-20(17-9-3-1-4-10-17)23-22(25)18-11-5-2-6-12-18/h1-6,9-12,19-20H,7-8,13-16H2,(H,23,25). The molecule has 2 unspecified atom stereocenters. The van der Waals surface area contributed by atoms with Crippen LogP contribution in [0.3, 0.4) is 0 Å². The van der Waals surface area contributed by atoms with Gasteiger partial charge in [-0.3, -0.25) is 9.59 Å². The minimum atomic E-state index is -0.446. The predicted molar refractivity (Wildman–Crippen MR) is 102 cm³/mol. The van der Waals surface area contributed by atoms with Gasteiger partial charge in [0, 0.05) is 12.2 Å². The van der Waals surface area contributed by atoms with E-state index >= 15 is 0 Å². The van der Waals surface area contributed by atoms with Gasteiger partial charge in [0.2, 0.25) is 0 Å². The molecule has 0 radical (unpaired) electrons. The molecule has 1 aliphatic rings. The van der Waals surface area contributed by atoms with Crippen molar-refractivity contribution >= 4 is 11.9 Å². The molecule has 0 aromatic heterocycles. The summed E-state index contributed by atoms with van der Waals surface area (Å²) < 4.78 is 11.0. The Morgan fingerprint density at radius 3 is 2.41 bits per heavy atom.